The predicted octanol–water partition coefficient (Wildman–Crippen LogP) is 4.87. The molecule has 10 heteroatoms. The maximum Gasteiger partial charge on any atom is 0.335 e. The molecule has 0 spiro atoms. The van der Waals surface area contributed by atoms with Crippen LogP contribution >= 0.6 is 11.6 Å². The van der Waals surface area contributed by atoms with Crippen LogP contribution in [0.1, 0.15) is 28.4 Å². The van der Waals surface area contributed by atoms with Crippen molar-refractivity contribution in [3.05, 3.63) is 82.5 Å². The summed E-state index contributed by atoms with van der Waals surface area (Å²) in [5.41, 5.74) is 1.48. The number of carbonyl (C=O) groups is 1. The fourth-order valence-electron chi connectivity index (χ4n) is 3.03. The van der Waals surface area contributed by atoms with Crippen LogP contribution in [0.5, 0.6) is 5.75 Å². The number of pyridine rings is 1. The van der Waals surface area contributed by atoms with Crippen molar-refractivity contribution in [2.45, 2.75) is 31.7 Å². The molecule has 0 radical (unpaired) electrons. The topological polar surface area (TPSA) is 96.8 Å². The lowest BCUT2D eigenvalue weighted by Gasteiger charge is -2.27. The van der Waals surface area contributed by atoms with Crippen LogP contribution in [0.2, 0.25) is 5.02 Å². The van der Waals surface area contributed by atoms with E-state index in [2.05, 4.69) is 4.98 Å². The Labute approximate surface area is 196 Å². The number of carboxylic acid groups (broad SMARTS) is 1. The normalized spacial score (nSPS) is 12.2. The second-order valence-corrected chi connectivity index (χ2v) is 9.56. The summed E-state index contributed by atoms with van der Waals surface area (Å²) in [6.07, 6.45) is -0.134. The molecule has 0 saturated carbocycles. The zero-order valence-electron chi connectivity index (χ0n) is 17.9. The molecule has 1 heterocycles. The average molecular weight is 493 g/mol. The highest BCUT2D eigenvalue weighted by Gasteiger charge is 2.30. The summed E-state index contributed by atoms with van der Waals surface area (Å²) in [7, 11) is -4.21. The van der Waals surface area contributed by atoms with Gasteiger partial charge in [-0.1, -0.05) is 29.8 Å². The molecule has 1 atom stereocenters. The third kappa shape index (κ3) is 5.80. The minimum atomic E-state index is -4.21. The molecule has 3 aromatic rings. The van der Waals surface area contributed by atoms with Crippen molar-refractivity contribution in [3.63, 3.8) is 0 Å². The Hall–Kier alpha value is -3.17. The number of nitrogens with zero attached hydrogens (tertiary/aromatic N) is 2. The summed E-state index contributed by atoms with van der Waals surface area (Å²) in [4.78, 5) is 15.0. The number of halogens is 2. The number of carboxylic acids is 1. The van der Waals surface area contributed by atoms with Crippen LogP contribution in [0.4, 0.5) is 10.1 Å². The number of ether oxygens (including phenoxy) is 1. The number of hydrogen-bond acceptors (Lipinski definition) is 5. The molecule has 0 aliphatic heterocycles. The van der Waals surface area contributed by atoms with Gasteiger partial charge in [0.1, 0.15) is 18.5 Å². The van der Waals surface area contributed by atoms with Crippen LogP contribution in [-0.4, -0.2) is 37.2 Å². The van der Waals surface area contributed by atoms with Gasteiger partial charge in [0.05, 0.1) is 17.8 Å². The average Bonchev–Trinajstić information content (AvgIpc) is 2.78. The molecule has 0 aliphatic carbocycles. The maximum atomic E-state index is 14.1. The van der Waals surface area contributed by atoms with E-state index in [-0.39, 0.29) is 28.6 Å². The Bertz CT molecular complexity index is 1240. The molecule has 0 saturated heterocycles. The van der Waals surface area contributed by atoms with Gasteiger partial charge in [-0.25, -0.2) is 14.2 Å². The van der Waals surface area contributed by atoms with Crippen LogP contribution < -0.4 is 9.04 Å². The molecule has 2 aromatic carbocycles. The van der Waals surface area contributed by atoms with E-state index in [0.29, 0.717) is 16.1 Å². The largest absolute Gasteiger partial charge is 0.487 e. The first kappa shape index (κ1) is 24.5. The van der Waals surface area contributed by atoms with Gasteiger partial charge in [-0.05, 0) is 55.3 Å². The molecular weight excluding hydrogens is 471 g/mol. The van der Waals surface area contributed by atoms with Gasteiger partial charge in [0.25, 0.3) is 10.0 Å². The van der Waals surface area contributed by atoms with Crippen molar-refractivity contribution < 1.29 is 27.4 Å². The molecule has 0 amide bonds. The molecule has 0 bridgehead atoms. The fraction of sp³-hybridized carbons (Fsp3) is 0.217. The van der Waals surface area contributed by atoms with E-state index in [4.69, 9.17) is 21.4 Å². The van der Waals surface area contributed by atoms with Crippen LogP contribution in [0.15, 0.2) is 65.8 Å². The Balaban J connectivity index is 2.02. The van der Waals surface area contributed by atoms with Gasteiger partial charge in [-0.2, -0.15) is 8.42 Å². The maximum absolute atomic E-state index is 14.1. The summed E-state index contributed by atoms with van der Waals surface area (Å²) < 4.78 is 47.6. The highest BCUT2D eigenvalue weighted by atomic mass is 35.5. The highest BCUT2D eigenvalue weighted by Crippen LogP contribution is 2.37. The van der Waals surface area contributed by atoms with Gasteiger partial charge >= 0.3 is 5.97 Å². The number of hydrogen-bond donors (Lipinski definition) is 1. The quantitative estimate of drug-likeness (QED) is 0.457. The van der Waals surface area contributed by atoms with Crippen LogP contribution in [0.3, 0.4) is 0 Å². The first-order valence-electron chi connectivity index (χ1n) is 9.92. The standard InChI is InChI=1S/C23H22ClFN2O5S/c1-15-11-20(27(13-16(2)25)33(30,31)22-5-3-4-10-26-22)21(12-19(15)24)32-14-17-6-8-18(9-7-17)23(28)29/h3-12,16H,13-14H2,1-2H3,(H,28,29). The molecule has 1 N–H and O–H groups in total. The monoisotopic (exact) mass is 492 g/mol. The van der Waals surface area contributed by atoms with Crippen LogP contribution in [0, 0.1) is 6.92 Å². The molecule has 174 valence electrons. The number of aryl methyl sites for hydroxylation is 1. The summed E-state index contributed by atoms with van der Waals surface area (Å²) in [6.45, 7) is 2.51. The Kier molecular flexibility index (Phi) is 7.55. The number of alkyl halides is 1. The minimum Gasteiger partial charge on any atom is -0.487 e. The number of benzene rings is 2. The molecule has 0 aliphatic rings. The summed E-state index contributed by atoms with van der Waals surface area (Å²) in [5, 5.41) is 9.15. The Morgan fingerprint density at radius 3 is 2.48 bits per heavy atom. The van der Waals surface area contributed by atoms with Gasteiger partial charge in [-0.15, -0.1) is 0 Å². The lowest BCUT2D eigenvalue weighted by molar-refractivity contribution is 0.0697. The van der Waals surface area contributed by atoms with Crippen molar-refractivity contribution in [1.29, 1.82) is 0 Å². The second-order valence-electron chi connectivity index (χ2n) is 7.34. The minimum absolute atomic E-state index is 0.00887. The molecule has 1 unspecified atom stereocenters. The highest BCUT2D eigenvalue weighted by molar-refractivity contribution is 7.92. The number of rotatable bonds is 9. The van der Waals surface area contributed by atoms with E-state index in [1.807, 2.05) is 0 Å². The van der Waals surface area contributed by atoms with E-state index in [0.717, 1.165) is 4.31 Å². The first-order chi connectivity index (χ1) is 15.6. The lowest BCUT2D eigenvalue weighted by Crippen LogP contribution is -2.36. The molecular formula is C23H22ClFN2O5S. The van der Waals surface area contributed by atoms with Gasteiger partial charge in [0.2, 0.25) is 0 Å². The van der Waals surface area contributed by atoms with E-state index >= 15 is 0 Å². The SMILES string of the molecule is Cc1cc(N(CC(C)F)S(=O)(=O)c2ccccn2)c(OCc2ccc(C(=O)O)cc2)cc1Cl. The smallest absolute Gasteiger partial charge is 0.335 e. The number of sulfonamides is 1. The molecule has 33 heavy (non-hydrogen) atoms. The molecule has 3 rings (SSSR count). The number of aromatic nitrogens is 1. The van der Waals surface area contributed by atoms with Gasteiger partial charge in [-0.3, -0.25) is 4.31 Å². The molecule has 7 nitrogen and oxygen atoms in total. The van der Waals surface area contributed by atoms with Crippen molar-refractivity contribution in [2.24, 2.45) is 0 Å². The summed E-state index contributed by atoms with van der Waals surface area (Å²) >= 11 is 6.27. The number of anilines is 1. The fourth-order valence-corrected chi connectivity index (χ4v) is 4.66. The summed E-state index contributed by atoms with van der Waals surface area (Å²) in [6, 6.07) is 13.5. The van der Waals surface area contributed by atoms with E-state index in [1.54, 1.807) is 25.1 Å². The number of aromatic carboxylic acids is 1. The van der Waals surface area contributed by atoms with Crippen LogP contribution in [-0.2, 0) is 16.6 Å². The predicted molar refractivity (Wildman–Crippen MR) is 123 cm³/mol. The first-order valence-corrected chi connectivity index (χ1v) is 11.7. The van der Waals surface area contributed by atoms with Crippen molar-refractivity contribution in [1.82, 2.24) is 4.98 Å². The molecule has 0 fully saturated rings. The van der Waals surface area contributed by atoms with E-state index in [1.165, 1.54) is 49.5 Å². The third-order valence-corrected chi connectivity index (χ3v) is 6.82. The van der Waals surface area contributed by atoms with Gasteiger partial charge in [0.15, 0.2) is 5.03 Å². The van der Waals surface area contributed by atoms with Gasteiger partial charge in [0, 0.05) is 17.3 Å². The Morgan fingerprint density at radius 2 is 1.91 bits per heavy atom. The lowest BCUT2D eigenvalue weighted by atomic mass is 10.1. The molecule has 1 aromatic heterocycles. The Morgan fingerprint density at radius 1 is 1.21 bits per heavy atom. The van der Waals surface area contributed by atoms with E-state index < -0.39 is 28.7 Å². The third-order valence-electron chi connectivity index (χ3n) is 4.71. The van der Waals surface area contributed by atoms with E-state index in [9.17, 15) is 17.6 Å². The van der Waals surface area contributed by atoms with Gasteiger partial charge < -0.3 is 9.84 Å². The zero-order chi connectivity index (χ0) is 24.2. The van der Waals surface area contributed by atoms with Crippen LogP contribution in [0.25, 0.3) is 0 Å². The van der Waals surface area contributed by atoms with Crippen molar-refractivity contribution in [3.8, 4) is 5.75 Å². The zero-order valence-corrected chi connectivity index (χ0v) is 19.5. The summed E-state index contributed by atoms with van der Waals surface area (Å²) in [5.74, 6) is -0.918. The van der Waals surface area contributed by atoms with Crippen molar-refractivity contribution in [2.75, 3.05) is 10.8 Å². The second kappa shape index (κ2) is 10.2. The van der Waals surface area contributed by atoms with Crippen molar-refractivity contribution >= 4 is 33.3 Å².